The highest BCUT2D eigenvalue weighted by Crippen LogP contribution is 2.16. The maximum atomic E-state index is 12.0. The number of hydrogen-bond donors (Lipinski definition) is 2. The van der Waals surface area contributed by atoms with Gasteiger partial charge in [-0.25, -0.2) is 8.42 Å². The number of carbonyl (C=O) groups excluding carboxylic acids is 1. The SMILES string of the molecule is O=C(NNS(=O)(=O)c1cccc(Cl)c1)c1ccccc1Cl. The van der Waals surface area contributed by atoms with Crippen LogP contribution in [0.1, 0.15) is 10.4 Å². The lowest BCUT2D eigenvalue weighted by atomic mass is 10.2. The standard InChI is InChI=1S/C13H10Cl2N2O3S/c14-9-4-3-5-10(8-9)21(19,20)17-16-13(18)11-6-1-2-7-12(11)15/h1-8,17H,(H,16,18). The van der Waals surface area contributed by atoms with Gasteiger partial charge in [-0.1, -0.05) is 41.4 Å². The fourth-order valence-corrected chi connectivity index (χ4v) is 2.88. The summed E-state index contributed by atoms with van der Waals surface area (Å²) in [4.78, 5) is 13.8. The Balaban J connectivity index is 2.12. The lowest BCUT2D eigenvalue weighted by Gasteiger charge is -2.09. The average Bonchev–Trinajstić information content (AvgIpc) is 2.45. The molecule has 8 heteroatoms. The average molecular weight is 345 g/mol. The fourth-order valence-electron chi connectivity index (χ4n) is 1.52. The van der Waals surface area contributed by atoms with Crippen LogP contribution in [0.4, 0.5) is 0 Å². The molecule has 0 aliphatic heterocycles. The second-order valence-electron chi connectivity index (χ2n) is 4.00. The molecule has 2 aromatic rings. The van der Waals surface area contributed by atoms with Crippen molar-refractivity contribution in [3.63, 3.8) is 0 Å². The number of carbonyl (C=O) groups is 1. The first kappa shape index (κ1) is 15.8. The first-order valence-corrected chi connectivity index (χ1v) is 7.96. The van der Waals surface area contributed by atoms with Crippen molar-refractivity contribution in [2.75, 3.05) is 0 Å². The van der Waals surface area contributed by atoms with Crippen molar-refractivity contribution in [2.45, 2.75) is 4.90 Å². The minimum absolute atomic E-state index is 0.0607. The van der Waals surface area contributed by atoms with Crippen molar-refractivity contribution in [1.82, 2.24) is 10.3 Å². The molecule has 0 heterocycles. The largest absolute Gasteiger partial charge is 0.273 e. The van der Waals surface area contributed by atoms with Gasteiger partial charge in [0.15, 0.2) is 0 Å². The molecule has 0 aliphatic carbocycles. The quantitative estimate of drug-likeness (QED) is 0.837. The van der Waals surface area contributed by atoms with Crippen LogP contribution in [0.25, 0.3) is 0 Å². The van der Waals surface area contributed by atoms with Gasteiger partial charge in [-0.15, -0.1) is 4.83 Å². The number of nitrogens with one attached hydrogen (secondary N) is 2. The van der Waals surface area contributed by atoms with Crippen LogP contribution in [0, 0.1) is 0 Å². The van der Waals surface area contributed by atoms with Gasteiger partial charge in [0, 0.05) is 5.02 Å². The molecule has 1 amide bonds. The number of halogens is 2. The summed E-state index contributed by atoms with van der Waals surface area (Å²) >= 11 is 11.6. The van der Waals surface area contributed by atoms with Crippen molar-refractivity contribution in [2.24, 2.45) is 0 Å². The number of hydrogen-bond acceptors (Lipinski definition) is 3. The highest BCUT2D eigenvalue weighted by Gasteiger charge is 2.17. The van der Waals surface area contributed by atoms with Gasteiger partial charge in [-0.05, 0) is 30.3 Å². The predicted octanol–water partition coefficient (Wildman–Crippen LogP) is 2.62. The van der Waals surface area contributed by atoms with E-state index in [1.165, 1.54) is 30.3 Å². The Morgan fingerprint density at radius 2 is 1.71 bits per heavy atom. The molecule has 2 N–H and O–H groups in total. The molecule has 0 fully saturated rings. The van der Waals surface area contributed by atoms with Crippen LogP contribution >= 0.6 is 23.2 Å². The first-order chi connectivity index (χ1) is 9.90. The van der Waals surface area contributed by atoms with Crippen LogP contribution in [0.5, 0.6) is 0 Å². The number of amides is 1. The number of benzene rings is 2. The van der Waals surface area contributed by atoms with E-state index in [4.69, 9.17) is 23.2 Å². The van der Waals surface area contributed by atoms with Gasteiger partial charge in [-0.3, -0.25) is 10.2 Å². The van der Waals surface area contributed by atoms with Gasteiger partial charge in [-0.2, -0.15) is 0 Å². The van der Waals surface area contributed by atoms with Crippen LogP contribution in [-0.2, 0) is 10.0 Å². The maximum absolute atomic E-state index is 12.0. The van der Waals surface area contributed by atoms with Crippen LogP contribution < -0.4 is 10.3 Å². The molecule has 0 atom stereocenters. The molecular weight excluding hydrogens is 335 g/mol. The third-order valence-corrected chi connectivity index (χ3v) is 4.33. The Bertz CT molecular complexity index is 778. The van der Waals surface area contributed by atoms with Crippen molar-refractivity contribution < 1.29 is 13.2 Å². The van der Waals surface area contributed by atoms with E-state index in [-0.39, 0.29) is 20.5 Å². The van der Waals surface area contributed by atoms with Gasteiger partial charge in [0.05, 0.1) is 15.5 Å². The van der Waals surface area contributed by atoms with Crippen LogP contribution in [0.3, 0.4) is 0 Å². The van der Waals surface area contributed by atoms with Crippen LogP contribution in [0.15, 0.2) is 53.4 Å². The summed E-state index contributed by atoms with van der Waals surface area (Å²) in [5.74, 6) is -0.661. The summed E-state index contributed by atoms with van der Waals surface area (Å²) in [6.07, 6.45) is 0. The molecule has 0 bridgehead atoms. The normalized spacial score (nSPS) is 11.1. The number of rotatable bonds is 4. The maximum Gasteiger partial charge on any atom is 0.267 e. The van der Waals surface area contributed by atoms with E-state index >= 15 is 0 Å². The summed E-state index contributed by atoms with van der Waals surface area (Å²) < 4.78 is 24.0. The molecule has 0 saturated heterocycles. The third-order valence-electron chi connectivity index (χ3n) is 2.52. The van der Waals surface area contributed by atoms with Gasteiger partial charge in [0.1, 0.15) is 0 Å². The van der Waals surface area contributed by atoms with Gasteiger partial charge < -0.3 is 0 Å². The van der Waals surface area contributed by atoms with Gasteiger partial charge in [0.25, 0.3) is 15.9 Å². The smallest absolute Gasteiger partial charge is 0.267 e. The lowest BCUT2D eigenvalue weighted by molar-refractivity contribution is 0.0945. The van der Waals surface area contributed by atoms with Crippen LogP contribution in [0.2, 0.25) is 10.0 Å². The number of hydrazine groups is 1. The zero-order chi connectivity index (χ0) is 15.5. The zero-order valence-corrected chi connectivity index (χ0v) is 12.8. The topological polar surface area (TPSA) is 75.3 Å². The lowest BCUT2D eigenvalue weighted by Crippen LogP contribution is -2.41. The third kappa shape index (κ3) is 3.95. The summed E-state index contributed by atoms with van der Waals surface area (Å²) in [6, 6.07) is 12.0. The Morgan fingerprint density at radius 3 is 2.38 bits per heavy atom. The number of sulfonamides is 1. The van der Waals surface area contributed by atoms with E-state index in [0.717, 1.165) is 0 Å². The van der Waals surface area contributed by atoms with Crippen molar-refractivity contribution >= 4 is 39.1 Å². The molecule has 0 aromatic heterocycles. The highest BCUT2D eigenvalue weighted by atomic mass is 35.5. The van der Waals surface area contributed by atoms with E-state index < -0.39 is 15.9 Å². The van der Waals surface area contributed by atoms with Crippen molar-refractivity contribution in [3.05, 3.63) is 64.1 Å². The molecule has 0 spiro atoms. The molecule has 110 valence electrons. The summed E-state index contributed by atoms with van der Waals surface area (Å²) in [7, 11) is -3.91. The van der Waals surface area contributed by atoms with E-state index in [1.807, 2.05) is 4.83 Å². The second-order valence-corrected chi connectivity index (χ2v) is 6.52. The van der Waals surface area contributed by atoms with Gasteiger partial charge in [0.2, 0.25) is 0 Å². The Morgan fingerprint density at radius 1 is 1.00 bits per heavy atom. The molecule has 2 aromatic carbocycles. The minimum atomic E-state index is -3.91. The molecule has 0 aliphatic rings. The summed E-state index contributed by atoms with van der Waals surface area (Å²) in [5, 5.41) is 0.493. The second kappa shape index (κ2) is 6.44. The molecule has 2 rings (SSSR count). The molecule has 5 nitrogen and oxygen atoms in total. The minimum Gasteiger partial charge on any atom is -0.273 e. The Kier molecular flexibility index (Phi) is 4.84. The monoisotopic (exact) mass is 344 g/mol. The molecule has 0 unspecified atom stereocenters. The first-order valence-electron chi connectivity index (χ1n) is 5.72. The van der Waals surface area contributed by atoms with E-state index in [2.05, 4.69) is 5.43 Å². The Labute approximate surface area is 131 Å². The van der Waals surface area contributed by atoms with Crippen LogP contribution in [-0.4, -0.2) is 14.3 Å². The van der Waals surface area contributed by atoms with Gasteiger partial charge >= 0.3 is 0 Å². The zero-order valence-electron chi connectivity index (χ0n) is 10.5. The highest BCUT2D eigenvalue weighted by molar-refractivity contribution is 7.89. The molecule has 21 heavy (non-hydrogen) atoms. The van der Waals surface area contributed by atoms with E-state index in [1.54, 1.807) is 18.2 Å². The fraction of sp³-hybridized carbons (Fsp3) is 0. The summed E-state index contributed by atoms with van der Waals surface area (Å²) in [6.45, 7) is 0. The van der Waals surface area contributed by atoms with E-state index in [0.29, 0.717) is 0 Å². The Hall–Kier alpha value is -1.60. The van der Waals surface area contributed by atoms with E-state index in [9.17, 15) is 13.2 Å². The summed E-state index contributed by atoms with van der Waals surface area (Å²) in [5.41, 5.74) is 2.25. The molecule has 0 radical (unpaired) electrons. The predicted molar refractivity (Wildman–Crippen MR) is 80.7 cm³/mol. The van der Waals surface area contributed by atoms with Crippen molar-refractivity contribution in [1.29, 1.82) is 0 Å². The van der Waals surface area contributed by atoms with Crippen molar-refractivity contribution in [3.8, 4) is 0 Å². The molecule has 0 saturated carbocycles. The molecular formula is C13H10Cl2N2O3S.